The number of hydrogen-bond donors (Lipinski definition) is 1. The second-order valence-corrected chi connectivity index (χ2v) is 7.67. The molecule has 0 unspecified atom stereocenters. The molecule has 1 aliphatic rings. The lowest BCUT2D eigenvalue weighted by atomic mass is 9.97. The molecule has 2 heterocycles. The lowest BCUT2D eigenvalue weighted by molar-refractivity contribution is -0.130. The fraction of sp³-hybridized carbons (Fsp3) is 0.583. The molecule has 106 valence electrons. The summed E-state index contributed by atoms with van der Waals surface area (Å²) in [4.78, 5) is 13.0. The van der Waals surface area contributed by atoms with Crippen LogP contribution in [-0.2, 0) is 14.8 Å². The fourth-order valence-electron chi connectivity index (χ4n) is 2.17. The molecule has 19 heavy (non-hydrogen) atoms. The van der Waals surface area contributed by atoms with E-state index >= 15 is 0 Å². The summed E-state index contributed by atoms with van der Waals surface area (Å²) >= 11 is 1.22. The highest BCUT2D eigenvalue weighted by Crippen LogP contribution is 2.19. The summed E-state index contributed by atoms with van der Waals surface area (Å²) in [6.45, 7) is 3.47. The molecule has 2 rings (SSSR count). The van der Waals surface area contributed by atoms with Crippen molar-refractivity contribution in [2.24, 2.45) is 5.92 Å². The number of carbonyl (C=O) groups is 1. The maximum absolute atomic E-state index is 11.9. The summed E-state index contributed by atoms with van der Waals surface area (Å²) < 4.78 is 26.9. The van der Waals surface area contributed by atoms with E-state index in [0.717, 1.165) is 25.9 Å². The molecule has 0 spiro atoms. The van der Waals surface area contributed by atoms with E-state index in [0.29, 0.717) is 16.7 Å². The molecule has 0 bridgehead atoms. The van der Waals surface area contributed by atoms with Crippen LogP contribution in [0.5, 0.6) is 0 Å². The number of rotatable bonds is 4. The molecule has 5 nitrogen and oxygen atoms in total. The van der Waals surface area contributed by atoms with Gasteiger partial charge in [-0.1, -0.05) is 6.07 Å². The van der Waals surface area contributed by atoms with E-state index in [1.54, 1.807) is 24.4 Å². The third-order valence-corrected chi connectivity index (χ3v) is 6.20. The number of hydrogen-bond acceptors (Lipinski definition) is 4. The topological polar surface area (TPSA) is 66.5 Å². The van der Waals surface area contributed by atoms with Crippen LogP contribution in [0.1, 0.15) is 19.8 Å². The lowest BCUT2D eigenvalue weighted by Crippen LogP contribution is -2.40. The van der Waals surface area contributed by atoms with Crippen molar-refractivity contribution in [3.63, 3.8) is 0 Å². The maximum atomic E-state index is 11.9. The Kier molecular flexibility index (Phi) is 4.59. The zero-order valence-electron chi connectivity index (χ0n) is 10.8. The van der Waals surface area contributed by atoms with Crippen molar-refractivity contribution in [1.29, 1.82) is 0 Å². The summed E-state index contributed by atoms with van der Waals surface area (Å²) in [6, 6.07) is 3.33. The summed E-state index contributed by atoms with van der Waals surface area (Å²) in [6.07, 6.45) is 1.71. The molecule has 0 aliphatic carbocycles. The fourth-order valence-corrected chi connectivity index (χ4v) is 4.32. The quantitative estimate of drug-likeness (QED) is 0.911. The van der Waals surface area contributed by atoms with Gasteiger partial charge in [0.05, 0.1) is 0 Å². The Balaban J connectivity index is 1.83. The third kappa shape index (κ3) is 3.77. The van der Waals surface area contributed by atoms with Gasteiger partial charge in [0.25, 0.3) is 0 Å². The van der Waals surface area contributed by atoms with Gasteiger partial charge in [0.15, 0.2) is 0 Å². The van der Waals surface area contributed by atoms with E-state index in [-0.39, 0.29) is 5.91 Å². The van der Waals surface area contributed by atoms with Gasteiger partial charge >= 0.3 is 0 Å². The van der Waals surface area contributed by atoms with Crippen molar-refractivity contribution in [3.05, 3.63) is 17.5 Å². The molecule has 1 N–H and O–H groups in total. The minimum Gasteiger partial charge on any atom is -0.343 e. The maximum Gasteiger partial charge on any atom is 0.250 e. The van der Waals surface area contributed by atoms with Crippen molar-refractivity contribution in [2.75, 3.05) is 19.6 Å². The second-order valence-electron chi connectivity index (χ2n) is 4.73. The van der Waals surface area contributed by atoms with E-state index in [1.807, 2.05) is 4.90 Å². The number of carbonyl (C=O) groups excluding carboxylic acids is 1. The monoisotopic (exact) mass is 302 g/mol. The van der Waals surface area contributed by atoms with Crippen LogP contribution in [0, 0.1) is 5.92 Å². The summed E-state index contributed by atoms with van der Waals surface area (Å²) in [5, 5.41) is 1.75. The first-order chi connectivity index (χ1) is 8.99. The molecule has 1 aromatic heterocycles. The highest BCUT2D eigenvalue weighted by Gasteiger charge is 2.23. The molecule has 1 aliphatic heterocycles. The minimum absolute atomic E-state index is 0.0950. The Labute approximate surface area is 117 Å². The smallest absolute Gasteiger partial charge is 0.250 e. The van der Waals surface area contributed by atoms with Crippen LogP contribution < -0.4 is 4.72 Å². The zero-order valence-corrected chi connectivity index (χ0v) is 12.5. The number of nitrogens with zero attached hydrogens (tertiary/aromatic N) is 1. The Morgan fingerprint density at radius 1 is 1.47 bits per heavy atom. The van der Waals surface area contributed by atoms with Crippen LogP contribution in [0.4, 0.5) is 0 Å². The van der Waals surface area contributed by atoms with Crippen LogP contribution in [0.25, 0.3) is 0 Å². The molecule has 1 aromatic rings. The SMILES string of the molecule is CC(=O)N1CCC(CNS(=O)(=O)c2cccs2)CC1. The van der Waals surface area contributed by atoms with Gasteiger partial charge in [0, 0.05) is 26.6 Å². The number of sulfonamides is 1. The number of piperidine rings is 1. The van der Waals surface area contributed by atoms with Crippen LogP contribution in [-0.4, -0.2) is 38.9 Å². The van der Waals surface area contributed by atoms with Gasteiger partial charge in [-0.15, -0.1) is 11.3 Å². The van der Waals surface area contributed by atoms with E-state index < -0.39 is 10.0 Å². The van der Waals surface area contributed by atoms with E-state index in [9.17, 15) is 13.2 Å². The van der Waals surface area contributed by atoms with E-state index in [1.165, 1.54) is 11.3 Å². The Morgan fingerprint density at radius 3 is 2.68 bits per heavy atom. The normalized spacial score (nSPS) is 17.6. The Morgan fingerprint density at radius 2 is 2.16 bits per heavy atom. The Hall–Kier alpha value is -0.920. The average Bonchev–Trinajstić information content (AvgIpc) is 2.91. The summed E-state index contributed by atoms with van der Waals surface area (Å²) in [5.41, 5.74) is 0. The highest BCUT2D eigenvalue weighted by atomic mass is 32.2. The second kappa shape index (κ2) is 6.02. The largest absolute Gasteiger partial charge is 0.343 e. The van der Waals surface area contributed by atoms with Gasteiger partial charge in [-0.05, 0) is 30.2 Å². The van der Waals surface area contributed by atoms with Crippen molar-refractivity contribution in [2.45, 2.75) is 24.0 Å². The molecule has 0 aromatic carbocycles. The molecule has 1 amide bonds. The first-order valence-electron chi connectivity index (χ1n) is 6.28. The summed E-state index contributed by atoms with van der Waals surface area (Å²) in [7, 11) is -3.36. The molecular formula is C12H18N2O3S2. The van der Waals surface area contributed by atoms with Crippen LogP contribution in [0.3, 0.4) is 0 Å². The number of likely N-dealkylation sites (tertiary alicyclic amines) is 1. The molecule has 7 heteroatoms. The molecular weight excluding hydrogens is 284 g/mol. The summed E-state index contributed by atoms with van der Waals surface area (Å²) in [5.74, 6) is 0.406. The first-order valence-corrected chi connectivity index (χ1v) is 8.64. The minimum atomic E-state index is -3.36. The molecule has 1 saturated heterocycles. The van der Waals surface area contributed by atoms with Gasteiger partial charge in [0.1, 0.15) is 4.21 Å². The zero-order chi connectivity index (χ0) is 13.9. The number of thiophene rings is 1. The molecule has 0 radical (unpaired) electrons. The number of amides is 1. The molecule has 0 atom stereocenters. The predicted molar refractivity (Wildman–Crippen MR) is 74.5 cm³/mol. The predicted octanol–water partition coefficient (Wildman–Crippen LogP) is 1.28. The van der Waals surface area contributed by atoms with Crippen molar-refractivity contribution in [3.8, 4) is 0 Å². The van der Waals surface area contributed by atoms with E-state index in [2.05, 4.69) is 4.72 Å². The van der Waals surface area contributed by atoms with Crippen LogP contribution in [0.2, 0.25) is 0 Å². The van der Waals surface area contributed by atoms with Gasteiger partial charge in [-0.25, -0.2) is 13.1 Å². The van der Waals surface area contributed by atoms with Gasteiger partial charge in [0.2, 0.25) is 15.9 Å². The first kappa shape index (κ1) is 14.5. The van der Waals surface area contributed by atoms with Crippen molar-refractivity contribution in [1.82, 2.24) is 9.62 Å². The lowest BCUT2D eigenvalue weighted by Gasteiger charge is -2.31. The van der Waals surface area contributed by atoms with Crippen molar-refractivity contribution < 1.29 is 13.2 Å². The molecule has 1 fully saturated rings. The molecule has 0 saturated carbocycles. The van der Waals surface area contributed by atoms with Gasteiger partial charge in [-0.3, -0.25) is 4.79 Å². The van der Waals surface area contributed by atoms with E-state index in [4.69, 9.17) is 0 Å². The van der Waals surface area contributed by atoms with Crippen molar-refractivity contribution >= 4 is 27.3 Å². The standard InChI is InChI=1S/C12H18N2O3S2/c1-10(15)14-6-4-11(5-7-14)9-13-19(16,17)12-3-2-8-18-12/h2-3,8,11,13H,4-7,9H2,1H3. The van der Waals surface area contributed by atoms with Gasteiger partial charge in [-0.2, -0.15) is 0 Å². The Bertz CT molecular complexity index is 517. The van der Waals surface area contributed by atoms with Crippen LogP contribution >= 0.6 is 11.3 Å². The highest BCUT2D eigenvalue weighted by molar-refractivity contribution is 7.91. The van der Waals surface area contributed by atoms with Crippen LogP contribution in [0.15, 0.2) is 21.7 Å². The average molecular weight is 302 g/mol. The third-order valence-electron chi connectivity index (χ3n) is 3.38. The van der Waals surface area contributed by atoms with Gasteiger partial charge < -0.3 is 4.90 Å². The number of nitrogens with one attached hydrogen (secondary N) is 1.